The summed E-state index contributed by atoms with van der Waals surface area (Å²) in [4.78, 5) is 27.0. The van der Waals surface area contributed by atoms with Crippen LogP contribution in [0.4, 0.5) is 17.1 Å². The van der Waals surface area contributed by atoms with Gasteiger partial charge in [0.15, 0.2) is 0 Å². The Labute approximate surface area is 192 Å². The number of hydrogen-bond acceptors (Lipinski definition) is 6. The summed E-state index contributed by atoms with van der Waals surface area (Å²) in [7, 11) is -0.876. The van der Waals surface area contributed by atoms with Crippen LogP contribution in [-0.2, 0) is 14.8 Å². The van der Waals surface area contributed by atoms with Gasteiger partial charge >= 0.3 is 0 Å². The van der Waals surface area contributed by atoms with Crippen molar-refractivity contribution >= 4 is 73.6 Å². The number of halogens is 3. The van der Waals surface area contributed by atoms with Crippen LogP contribution < -0.4 is 10.4 Å². The van der Waals surface area contributed by atoms with E-state index in [9.17, 15) is 23.3 Å². The van der Waals surface area contributed by atoms with E-state index in [0.29, 0.717) is 0 Å². The van der Waals surface area contributed by atoms with Crippen LogP contribution in [0, 0.1) is 10.1 Å². The van der Waals surface area contributed by atoms with Crippen LogP contribution in [0.15, 0.2) is 40.2 Å². The maximum atomic E-state index is 12.5. The summed E-state index contributed by atoms with van der Waals surface area (Å²) in [6.45, 7) is 0. The van der Waals surface area contributed by atoms with Crippen molar-refractivity contribution in [3.8, 4) is 0 Å². The van der Waals surface area contributed by atoms with Gasteiger partial charge in [0.1, 0.15) is 11.5 Å². The lowest BCUT2D eigenvalue weighted by atomic mass is 10.2. The number of amides is 1. The third kappa shape index (κ3) is 4.60. The second-order valence-electron chi connectivity index (χ2n) is 6.49. The molecule has 2 aromatic rings. The number of non-ortho nitro benzene ring substituents is 1. The number of carbonyl (C=O) groups excluding carboxylic acids is 1. The van der Waals surface area contributed by atoms with E-state index in [-0.39, 0.29) is 49.3 Å². The number of nitrogens with zero attached hydrogens (tertiary/aromatic N) is 4. The molecule has 1 fully saturated rings. The van der Waals surface area contributed by atoms with E-state index in [1.807, 2.05) is 0 Å². The van der Waals surface area contributed by atoms with Crippen molar-refractivity contribution in [1.29, 1.82) is 0 Å². The van der Waals surface area contributed by atoms with Gasteiger partial charge in [0.2, 0.25) is 10.0 Å². The van der Waals surface area contributed by atoms with Crippen molar-refractivity contribution in [2.75, 3.05) is 19.1 Å². The van der Waals surface area contributed by atoms with E-state index in [0.717, 1.165) is 21.4 Å². The van der Waals surface area contributed by atoms with Gasteiger partial charge in [0.25, 0.3) is 11.6 Å². The highest BCUT2D eigenvalue weighted by molar-refractivity contribution is 7.89. The summed E-state index contributed by atoms with van der Waals surface area (Å²) in [6.07, 6.45) is -0.155. The third-order valence-electron chi connectivity index (χ3n) is 4.20. The van der Waals surface area contributed by atoms with E-state index in [2.05, 4.69) is 10.4 Å². The molecule has 0 unspecified atom stereocenters. The number of nitrogens with one attached hydrogen (secondary N) is 1. The Morgan fingerprint density at radius 2 is 1.74 bits per heavy atom. The van der Waals surface area contributed by atoms with Crippen molar-refractivity contribution in [3.05, 3.63) is 55.5 Å². The fourth-order valence-corrected chi connectivity index (χ4v) is 4.52. The van der Waals surface area contributed by atoms with Gasteiger partial charge in [0.05, 0.1) is 37.0 Å². The minimum Gasteiger partial charge on any atom is -0.277 e. The molecule has 0 aromatic heterocycles. The zero-order chi connectivity index (χ0) is 23.1. The highest BCUT2D eigenvalue weighted by Crippen LogP contribution is 2.38. The van der Waals surface area contributed by atoms with Crippen LogP contribution in [0.1, 0.15) is 6.42 Å². The van der Waals surface area contributed by atoms with Crippen LogP contribution in [0.3, 0.4) is 0 Å². The average Bonchev–Trinajstić information content (AvgIpc) is 3.02. The predicted octanol–water partition coefficient (Wildman–Crippen LogP) is 3.78. The maximum Gasteiger partial charge on any atom is 0.272 e. The molecule has 164 valence electrons. The topological polar surface area (TPSA) is 125 Å². The normalized spacial score (nSPS) is 15.6. The number of nitro benzene ring substituents is 1. The molecule has 1 aliphatic heterocycles. The van der Waals surface area contributed by atoms with Gasteiger partial charge in [-0.15, -0.1) is 0 Å². The molecule has 0 radical (unpaired) electrons. The summed E-state index contributed by atoms with van der Waals surface area (Å²) in [5.41, 5.74) is 2.69. The largest absolute Gasteiger partial charge is 0.277 e. The van der Waals surface area contributed by atoms with Crippen molar-refractivity contribution < 1.29 is 18.1 Å². The maximum absolute atomic E-state index is 12.5. The van der Waals surface area contributed by atoms with Gasteiger partial charge in [-0.1, -0.05) is 34.8 Å². The molecule has 0 aliphatic carbocycles. The van der Waals surface area contributed by atoms with Crippen molar-refractivity contribution in [3.63, 3.8) is 0 Å². The van der Waals surface area contributed by atoms with E-state index in [1.165, 1.54) is 32.3 Å². The minimum atomic E-state index is -3.67. The molecule has 1 heterocycles. The van der Waals surface area contributed by atoms with Gasteiger partial charge in [-0.05, 0) is 18.2 Å². The highest BCUT2D eigenvalue weighted by atomic mass is 35.5. The van der Waals surface area contributed by atoms with Crippen molar-refractivity contribution in [2.45, 2.75) is 11.3 Å². The summed E-state index contributed by atoms with van der Waals surface area (Å²) in [6, 6.07) is 6.17. The first kappa shape index (κ1) is 23.2. The molecule has 0 bridgehead atoms. The first-order chi connectivity index (χ1) is 14.4. The Kier molecular flexibility index (Phi) is 6.44. The summed E-state index contributed by atoms with van der Waals surface area (Å²) in [5.74, 6) is -0.264. The van der Waals surface area contributed by atoms with Gasteiger partial charge in [-0.2, -0.15) is 0 Å². The fraction of sp³-hybridized carbons (Fsp3) is 0.176. The summed E-state index contributed by atoms with van der Waals surface area (Å²) >= 11 is 18.4. The van der Waals surface area contributed by atoms with E-state index in [4.69, 9.17) is 34.8 Å². The summed E-state index contributed by atoms with van der Waals surface area (Å²) in [5, 5.41) is 11.8. The highest BCUT2D eigenvalue weighted by Gasteiger charge is 2.31. The quantitative estimate of drug-likeness (QED) is 0.486. The molecular weight excluding hydrogens is 493 g/mol. The van der Waals surface area contributed by atoms with Gasteiger partial charge < -0.3 is 0 Å². The number of aliphatic imine (C=N–C) groups is 1. The van der Waals surface area contributed by atoms with Crippen LogP contribution in [0.25, 0.3) is 0 Å². The molecule has 0 atom stereocenters. The SMILES string of the molecule is CN(C)S(=O)(=O)c1ccc(N=C2CC(=O)N(c3c(Cl)cc([N+](=O)[O-])cc3Cl)N2)c(Cl)c1. The number of sulfonamides is 1. The Bertz CT molecular complexity index is 1210. The molecule has 14 heteroatoms. The molecule has 0 spiro atoms. The number of carbonyl (C=O) groups is 1. The van der Waals surface area contributed by atoms with Gasteiger partial charge in [-0.3, -0.25) is 20.3 Å². The average molecular weight is 507 g/mol. The van der Waals surface area contributed by atoms with E-state index >= 15 is 0 Å². The molecule has 0 saturated carbocycles. The molecule has 1 N–H and O–H groups in total. The molecule has 1 saturated heterocycles. The van der Waals surface area contributed by atoms with Gasteiger partial charge in [-0.25, -0.2) is 22.7 Å². The lowest BCUT2D eigenvalue weighted by Gasteiger charge is -2.18. The Balaban J connectivity index is 1.91. The van der Waals surface area contributed by atoms with Crippen LogP contribution in [0.2, 0.25) is 15.1 Å². The first-order valence-electron chi connectivity index (χ1n) is 8.44. The minimum absolute atomic E-state index is 0.00650. The van der Waals surface area contributed by atoms with Crippen LogP contribution in [-0.4, -0.2) is 43.5 Å². The van der Waals surface area contributed by atoms with Crippen LogP contribution >= 0.6 is 34.8 Å². The molecule has 10 nitrogen and oxygen atoms in total. The standard InChI is InChI=1S/C17H14Cl3N5O5S/c1-23(2)31(29,30)10-3-4-14(11(18)7-10)21-15-8-16(26)24(22-15)17-12(19)5-9(25(27)28)6-13(17)20/h3-7H,8H2,1-2H3,(H,21,22). The summed E-state index contributed by atoms with van der Waals surface area (Å²) < 4.78 is 25.5. The van der Waals surface area contributed by atoms with Crippen molar-refractivity contribution in [2.24, 2.45) is 4.99 Å². The predicted molar refractivity (Wildman–Crippen MR) is 118 cm³/mol. The zero-order valence-electron chi connectivity index (χ0n) is 16.0. The molecule has 3 rings (SSSR count). The first-order valence-corrected chi connectivity index (χ1v) is 11.0. The molecule has 1 amide bonds. The number of nitro groups is 1. The third-order valence-corrected chi connectivity index (χ3v) is 6.89. The Morgan fingerprint density at radius 1 is 1.13 bits per heavy atom. The molecular formula is C17H14Cl3N5O5S. The number of anilines is 1. The molecule has 1 aliphatic rings. The number of benzene rings is 2. The number of hydrazine groups is 1. The number of amidine groups is 1. The van der Waals surface area contributed by atoms with Crippen molar-refractivity contribution in [1.82, 2.24) is 9.73 Å². The smallest absolute Gasteiger partial charge is 0.272 e. The van der Waals surface area contributed by atoms with Crippen LogP contribution in [0.5, 0.6) is 0 Å². The Hall–Kier alpha value is -2.44. The second-order valence-corrected chi connectivity index (χ2v) is 9.87. The monoisotopic (exact) mass is 505 g/mol. The number of rotatable bonds is 5. The molecule has 31 heavy (non-hydrogen) atoms. The van der Waals surface area contributed by atoms with E-state index in [1.54, 1.807) is 0 Å². The second kappa shape index (κ2) is 8.60. The van der Waals surface area contributed by atoms with E-state index < -0.39 is 20.9 Å². The fourth-order valence-electron chi connectivity index (χ4n) is 2.66. The lowest BCUT2D eigenvalue weighted by Crippen LogP contribution is -2.36. The molecule has 2 aromatic carbocycles. The lowest BCUT2D eigenvalue weighted by molar-refractivity contribution is -0.384. The Morgan fingerprint density at radius 3 is 2.26 bits per heavy atom. The number of hydrogen-bond donors (Lipinski definition) is 1. The zero-order valence-corrected chi connectivity index (χ0v) is 19.1. The van der Waals surface area contributed by atoms with Gasteiger partial charge in [0, 0.05) is 26.2 Å².